The number of rotatable bonds is 19. The highest BCUT2D eigenvalue weighted by molar-refractivity contribution is 4.71. The standard InChI is InChI=1S/C7H14O.4C6H12O2.8C5H10O2.4C4H8O3.2C4H8O2/c1-2-7-4-3-5-8-6-7;7-5-6-1-3-8-4-2-6;7-4-6-2-1-3-8-5-6;2*7-5-6-3-1-2-4-8-6;4*6-3-5-1-2-7-4-5;4*6-4-5-2-1-3-7-5;2*5-1-4-2-6-3-7-4;2*5-3-4-6-1-2-7-4;5-1-4-2-6-3-4;5-3-4-1-2-6-4/h7H,2-6H2,1H3;4*6-7H,1-5H2;8*5-6H,1-4H2;4*4-5H,1-3H2;2*4-5H,1-3H2/t;;;;;8*5-;2*4-;;;;/m.....1100110010..../s1. The molecule has 0 aromatic rings. The van der Waals surface area contributed by atoms with Crippen LogP contribution < -0.4 is 0 Å². The highest BCUT2D eigenvalue weighted by Gasteiger charge is 2.24. The van der Waals surface area contributed by atoms with Gasteiger partial charge in [-0.2, -0.15) is 0 Å². The van der Waals surface area contributed by atoms with Crippen molar-refractivity contribution in [2.75, 3.05) is 324 Å². The smallest absolute Gasteiger partial charge is 0.180 e. The molecule has 136 heavy (non-hydrogen) atoms. The van der Waals surface area contributed by atoms with Gasteiger partial charge in [0.1, 0.15) is 25.8 Å². The van der Waals surface area contributed by atoms with Gasteiger partial charge in [-0.3, -0.25) is 0 Å². The average Bonchev–Trinajstić information content (AvgIpc) is 1.45. The van der Waals surface area contributed by atoms with Crippen molar-refractivity contribution in [2.24, 2.45) is 47.3 Å². The minimum Gasteiger partial charge on any atom is -0.396 e. The van der Waals surface area contributed by atoms with Crippen LogP contribution in [0.4, 0.5) is 0 Å². The Morgan fingerprint density at radius 3 is 0.515 bits per heavy atom. The predicted octanol–water partition coefficient (Wildman–Crippen LogP) is 1.22. The van der Waals surface area contributed by atoms with Crippen LogP contribution in [-0.4, -0.2) is 484 Å². The van der Waals surface area contributed by atoms with Crippen LogP contribution in [0.15, 0.2) is 0 Å². The zero-order valence-corrected chi connectivity index (χ0v) is 82.4. The van der Waals surface area contributed by atoms with Crippen molar-refractivity contribution in [2.45, 2.75) is 241 Å². The van der Waals surface area contributed by atoms with Crippen molar-refractivity contribution in [3.05, 3.63) is 0 Å². The van der Waals surface area contributed by atoms with Crippen LogP contribution in [0.25, 0.3) is 0 Å². The van der Waals surface area contributed by atoms with E-state index in [1.54, 1.807) is 0 Å². The highest BCUT2D eigenvalue weighted by atomic mass is 16.7. The van der Waals surface area contributed by atoms with E-state index in [1.807, 2.05) is 0 Å². The third kappa shape index (κ3) is 76.9. The van der Waals surface area contributed by atoms with Crippen molar-refractivity contribution in [3.63, 3.8) is 0 Å². The molecule has 41 nitrogen and oxygen atoms in total. The fourth-order valence-corrected chi connectivity index (χ4v) is 13.8. The van der Waals surface area contributed by atoms with Gasteiger partial charge in [0.05, 0.1) is 208 Å². The number of aliphatic hydroxyl groups is 18. The summed E-state index contributed by atoms with van der Waals surface area (Å²) >= 11 is 0. The van der Waals surface area contributed by atoms with Gasteiger partial charge >= 0.3 is 0 Å². The van der Waals surface area contributed by atoms with Gasteiger partial charge in [-0.1, -0.05) is 13.3 Å². The van der Waals surface area contributed by atoms with Gasteiger partial charge in [0.2, 0.25) is 0 Å². The summed E-state index contributed by atoms with van der Waals surface area (Å²) in [6, 6.07) is 0. The van der Waals surface area contributed by atoms with Gasteiger partial charge in [-0.25, -0.2) is 0 Å². The lowest BCUT2D eigenvalue weighted by Crippen LogP contribution is -2.30. The van der Waals surface area contributed by atoms with Gasteiger partial charge in [0.25, 0.3) is 0 Å². The molecule has 0 spiro atoms. The van der Waals surface area contributed by atoms with Crippen molar-refractivity contribution in [1.29, 1.82) is 0 Å². The fourth-order valence-electron chi connectivity index (χ4n) is 13.8. The van der Waals surface area contributed by atoms with Crippen LogP contribution in [0.1, 0.15) is 174 Å². The molecule has 15 atom stereocenters. The lowest BCUT2D eigenvalue weighted by Gasteiger charge is -2.23. The number of aliphatic hydroxyl groups excluding tert-OH is 18. The molecule has 19 aliphatic heterocycles. The molecule has 0 amide bonds. The van der Waals surface area contributed by atoms with Crippen LogP contribution in [0.5, 0.6) is 0 Å². The Labute approximate surface area is 810 Å². The van der Waals surface area contributed by atoms with E-state index in [-0.39, 0.29) is 140 Å². The van der Waals surface area contributed by atoms with Crippen LogP contribution in [0, 0.1) is 47.3 Å². The van der Waals surface area contributed by atoms with Crippen molar-refractivity contribution >= 4 is 0 Å². The van der Waals surface area contributed by atoms with Gasteiger partial charge < -0.3 is 201 Å². The zero-order valence-electron chi connectivity index (χ0n) is 82.4. The van der Waals surface area contributed by atoms with Crippen molar-refractivity contribution < 1.29 is 201 Å². The van der Waals surface area contributed by atoms with E-state index < -0.39 is 0 Å². The summed E-state index contributed by atoms with van der Waals surface area (Å²) in [7, 11) is 0. The number of hydrogen-bond acceptors (Lipinski definition) is 41. The molecule has 19 saturated heterocycles. The maximum atomic E-state index is 8.64. The summed E-state index contributed by atoms with van der Waals surface area (Å²) in [5, 5.41) is 152. The minimum absolute atomic E-state index is 0.0278. The Morgan fingerprint density at radius 2 is 0.382 bits per heavy atom. The van der Waals surface area contributed by atoms with E-state index in [1.165, 1.54) is 32.1 Å². The molecular formula is C95H190O41. The van der Waals surface area contributed by atoms with Gasteiger partial charge in [-0.15, -0.1) is 0 Å². The first-order valence-corrected chi connectivity index (χ1v) is 50.5. The van der Waals surface area contributed by atoms with E-state index in [2.05, 4.69) is 6.92 Å². The molecule has 19 heterocycles. The zero-order chi connectivity index (χ0) is 99.3. The third-order valence-electron chi connectivity index (χ3n) is 23.4. The Balaban J connectivity index is 0.000000718. The lowest BCUT2D eigenvalue weighted by molar-refractivity contribution is -0.0773. The Morgan fingerprint density at radius 1 is 0.147 bits per heavy atom. The maximum absolute atomic E-state index is 8.64. The quantitative estimate of drug-likeness (QED) is 0.0864. The maximum Gasteiger partial charge on any atom is 0.180 e. The first-order valence-electron chi connectivity index (χ1n) is 50.5. The van der Waals surface area contributed by atoms with Crippen molar-refractivity contribution in [1.82, 2.24) is 0 Å². The Hall–Kier alpha value is -1.64. The van der Waals surface area contributed by atoms with Crippen LogP contribution in [-0.2, 0) is 109 Å². The largest absolute Gasteiger partial charge is 0.396 e. The third-order valence-corrected chi connectivity index (χ3v) is 23.4. The molecule has 18 N–H and O–H groups in total. The summed E-state index contributed by atoms with van der Waals surface area (Å²) in [6.07, 6.45) is 29.2. The van der Waals surface area contributed by atoms with Crippen molar-refractivity contribution in [3.8, 4) is 0 Å². The molecule has 0 aliphatic carbocycles. The summed E-state index contributed by atoms with van der Waals surface area (Å²) in [5.41, 5.74) is 0. The first kappa shape index (κ1) is 132. The summed E-state index contributed by atoms with van der Waals surface area (Å²) in [4.78, 5) is 0. The SMILES string of the molecule is CCC1CCCOC1.OCC1CCCCO1.OCC1CCCCO1.OCC1CCCOC1.OCC1CCO1.OCC1CCOCC1.OCC1COC1.OCC1OCCO1.OCC1OCCO1.OC[C@@H]1CCCO1.OC[C@@H]1CCCO1.OC[C@@H]1CCOC1.OC[C@@H]1CCOC1.OC[C@@H]1COCO1.OC[C@H]1CCCO1.OC[C@H]1CCCO1.OC[C@H]1CCOC1.OC[C@H]1CCOC1.OC[C@H]1COCO1. The van der Waals surface area contributed by atoms with Crippen LogP contribution in [0.3, 0.4) is 0 Å². The Kier molecular flexibility index (Phi) is 96.7. The summed E-state index contributed by atoms with van der Waals surface area (Å²) in [6.45, 7) is 29.1. The monoisotopic (exact) mass is 1990 g/mol. The second kappa shape index (κ2) is 99.3. The molecule has 41 heteroatoms. The molecule has 0 radical (unpaired) electrons. The summed E-state index contributed by atoms with van der Waals surface area (Å²) in [5.74, 6) is 3.97. The second-order valence-electron chi connectivity index (χ2n) is 34.9. The molecule has 0 aromatic heterocycles. The van der Waals surface area contributed by atoms with Gasteiger partial charge in [0.15, 0.2) is 12.6 Å². The van der Waals surface area contributed by atoms with E-state index in [4.69, 9.17) is 201 Å². The topological polar surface area (TPSA) is 576 Å². The van der Waals surface area contributed by atoms with E-state index >= 15 is 0 Å². The molecule has 5 unspecified atom stereocenters. The van der Waals surface area contributed by atoms with E-state index in [0.717, 1.165) is 293 Å². The van der Waals surface area contributed by atoms with Gasteiger partial charge in [-0.05, 0) is 172 Å². The molecule has 816 valence electrons. The molecule has 19 fully saturated rings. The van der Waals surface area contributed by atoms with E-state index in [0.29, 0.717) is 141 Å². The molecular weight excluding hydrogens is 1800 g/mol. The normalized spacial score (nSPS) is 29.5. The molecule has 19 rings (SSSR count). The lowest BCUT2D eigenvalue weighted by atomic mass is 10.0. The molecule has 0 saturated carbocycles. The minimum atomic E-state index is -0.347. The molecule has 0 bridgehead atoms. The number of ether oxygens (including phenoxy) is 23. The van der Waals surface area contributed by atoms with Crippen LogP contribution >= 0.6 is 0 Å². The fraction of sp³-hybridized carbons (Fsp3) is 1.00. The van der Waals surface area contributed by atoms with E-state index in [9.17, 15) is 0 Å². The second-order valence-corrected chi connectivity index (χ2v) is 34.9. The molecule has 19 aliphatic rings. The first-order chi connectivity index (χ1) is 66.7. The average molecular weight is 1990 g/mol. The van der Waals surface area contributed by atoms with Gasteiger partial charge in [0, 0.05) is 181 Å². The predicted molar refractivity (Wildman–Crippen MR) is 499 cm³/mol. The summed E-state index contributed by atoms with van der Waals surface area (Å²) < 4.78 is 114. The highest BCUT2D eigenvalue weighted by Crippen LogP contribution is 2.21. The number of hydrogen-bond donors (Lipinski definition) is 18. The van der Waals surface area contributed by atoms with Crippen LogP contribution in [0.2, 0.25) is 0 Å². The molecule has 0 aromatic carbocycles. The Bertz CT molecular complexity index is 1800.